The molecule has 0 fully saturated rings. The summed E-state index contributed by atoms with van der Waals surface area (Å²) >= 11 is 0. The number of hydrogen-bond acceptors (Lipinski definition) is 6. The molecule has 0 heterocycles. The van der Waals surface area contributed by atoms with Gasteiger partial charge in [-0.05, 0) is 12.1 Å². The average Bonchev–Trinajstić information content (AvgIpc) is 2.36. The monoisotopic (exact) mass is 265 g/mol. The molecule has 1 aromatic rings. The van der Waals surface area contributed by atoms with Crippen LogP contribution in [0.4, 0.5) is 0 Å². The lowest BCUT2D eigenvalue weighted by Gasteiger charge is -2.08. The summed E-state index contributed by atoms with van der Waals surface area (Å²) in [6, 6.07) is 7.93. The molecule has 0 aliphatic carbocycles. The van der Waals surface area contributed by atoms with Gasteiger partial charge in [0.25, 0.3) is 0 Å². The summed E-state index contributed by atoms with van der Waals surface area (Å²) in [4.78, 5) is 26.7. The fraction of sp³-hybridized carbons (Fsp3) is 0. The zero-order chi connectivity index (χ0) is 14.3. The van der Waals surface area contributed by atoms with Crippen LogP contribution in [0.15, 0.2) is 30.3 Å². The zero-order valence-electron chi connectivity index (χ0n) is 9.60. The van der Waals surface area contributed by atoms with Crippen LogP contribution in [0.5, 0.6) is 5.75 Å². The molecular weight excluding hydrogens is 254 g/mol. The van der Waals surface area contributed by atoms with Gasteiger partial charge in [0.15, 0.2) is 5.96 Å². The molecule has 0 spiro atoms. The highest BCUT2D eigenvalue weighted by Crippen LogP contribution is 2.08. The predicted molar refractivity (Wildman–Crippen MR) is 64.1 cm³/mol. The van der Waals surface area contributed by atoms with Crippen molar-refractivity contribution in [2.45, 2.75) is 0 Å². The minimum absolute atomic E-state index is 0.182. The van der Waals surface area contributed by atoms with Gasteiger partial charge in [-0.1, -0.05) is 18.2 Å². The summed E-state index contributed by atoms with van der Waals surface area (Å²) in [5.41, 5.74) is 6.70. The Balaban J connectivity index is 2.39. The summed E-state index contributed by atoms with van der Waals surface area (Å²) in [5.74, 6) is -3.52. The van der Waals surface area contributed by atoms with Crippen molar-refractivity contribution in [1.82, 2.24) is 10.8 Å². The molecule has 0 bridgehead atoms. The number of esters is 1. The first kappa shape index (κ1) is 14.0. The van der Waals surface area contributed by atoms with Gasteiger partial charge in [-0.25, -0.2) is 9.59 Å². The molecular formula is C10H11N5O4. The molecule has 0 aliphatic rings. The Bertz CT molecular complexity index is 502. The van der Waals surface area contributed by atoms with Crippen LogP contribution in [-0.2, 0) is 14.4 Å². The van der Waals surface area contributed by atoms with Gasteiger partial charge in [0.2, 0.25) is 5.96 Å². The van der Waals surface area contributed by atoms with Crippen LogP contribution in [-0.4, -0.2) is 23.9 Å². The Labute approximate surface area is 107 Å². The Morgan fingerprint density at radius 1 is 1.11 bits per heavy atom. The molecule has 9 heteroatoms. The van der Waals surface area contributed by atoms with Crippen LogP contribution in [0.3, 0.4) is 0 Å². The number of carbonyl (C=O) groups excluding carboxylic acids is 2. The molecule has 0 saturated heterocycles. The highest BCUT2D eigenvalue weighted by atomic mass is 16.7. The summed E-state index contributed by atoms with van der Waals surface area (Å²) < 4.78 is 4.68. The van der Waals surface area contributed by atoms with Crippen molar-refractivity contribution < 1.29 is 19.2 Å². The van der Waals surface area contributed by atoms with Crippen molar-refractivity contribution in [1.29, 1.82) is 10.8 Å². The van der Waals surface area contributed by atoms with Crippen LogP contribution < -0.4 is 21.3 Å². The van der Waals surface area contributed by atoms with E-state index in [0.29, 0.717) is 0 Å². The van der Waals surface area contributed by atoms with Crippen molar-refractivity contribution in [2.24, 2.45) is 5.73 Å². The topological polar surface area (TPSA) is 150 Å². The van der Waals surface area contributed by atoms with E-state index < -0.39 is 23.9 Å². The fourth-order valence-electron chi connectivity index (χ4n) is 0.936. The van der Waals surface area contributed by atoms with Crippen LogP contribution in [0.2, 0.25) is 0 Å². The molecule has 0 radical (unpaired) electrons. The number of hydroxylamine groups is 1. The maximum Gasteiger partial charge on any atom is 0.442 e. The van der Waals surface area contributed by atoms with E-state index in [4.69, 9.17) is 16.6 Å². The van der Waals surface area contributed by atoms with Crippen LogP contribution >= 0.6 is 0 Å². The number of benzene rings is 1. The standard InChI is InChI=1S/C10H11N5O4/c11-9(12)14-10(13)15-19-8(17)7(16)18-6-4-2-1-3-5-6/h1-5H,(H6,11,12,13,14,15). The quantitative estimate of drug-likeness (QED) is 0.110. The molecule has 0 aromatic heterocycles. The lowest BCUT2D eigenvalue weighted by Crippen LogP contribution is -2.45. The Morgan fingerprint density at radius 2 is 1.74 bits per heavy atom. The van der Waals surface area contributed by atoms with Crippen LogP contribution in [0.25, 0.3) is 0 Å². The van der Waals surface area contributed by atoms with E-state index in [1.165, 1.54) is 12.1 Å². The van der Waals surface area contributed by atoms with Crippen molar-refractivity contribution in [2.75, 3.05) is 0 Å². The number of para-hydroxylation sites is 1. The number of carbonyl (C=O) groups is 2. The number of nitrogens with two attached hydrogens (primary N) is 1. The molecule has 19 heavy (non-hydrogen) atoms. The Hall–Kier alpha value is -3.10. The molecule has 1 aromatic carbocycles. The number of guanidine groups is 2. The molecule has 0 aliphatic heterocycles. The minimum atomic E-state index is -1.35. The van der Waals surface area contributed by atoms with Gasteiger partial charge in [-0.3, -0.25) is 16.1 Å². The highest BCUT2D eigenvalue weighted by Gasteiger charge is 2.19. The Morgan fingerprint density at radius 3 is 2.32 bits per heavy atom. The number of rotatable bonds is 1. The molecule has 9 nitrogen and oxygen atoms in total. The van der Waals surface area contributed by atoms with Gasteiger partial charge >= 0.3 is 11.9 Å². The van der Waals surface area contributed by atoms with Gasteiger partial charge < -0.3 is 15.3 Å². The lowest BCUT2D eigenvalue weighted by atomic mass is 10.3. The zero-order valence-corrected chi connectivity index (χ0v) is 9.60. The van der Waals surface area contributed by atoms with Gasteiger partial charge in [0.05, 0.1) is 0 Å². The SMILES string of the molecule is N=C(N)NC(=N)NOC(=O)C(=O)Oc1ccccc1. The lowest BCUT2D eigenvalue weighted by molar-refractivity contribution is -0.165. The molecule has 6 N–H and O–H groups in total. The third kappa shape index (κ3) is 5.17. The van der Waals surface area contributed by atoms with Crippen molar-refractivity contribution in [3.05, 3.63) is 30.3 Å². The highest BCUT2D eigenvalue weighted by molar-refractivity contribution is 6.30. The summed E-state index contributed by atoms with van der Waals surface area (Å²) in [5, 5.41) is 15.9. The second-order valence-corrected chi connectivity index (χ2v) is 3.11. The predicted octanol–water partition coefficient (Wildman–Crippen LogP) is -0.942. The number of nitrogens with one attached hydrogen (secondary N) is 4. The van der Waals surface area contributed by atoms with Crippen molar-refractivity contribution >= 4 is 23.9 Å². The first-order valence-corrected chi connectivity index (χ1v) is 4.92. The minimum Gasteiger partial charge on any atom is -0.418 e. The maximum absolute atomic E-state index is 11.3. The van der Waals surface area contributed by atoms with Gasteiger partial charge in [0.1, 0.15) is 5.75 Å². The van der Waals surface area contributed by atoms with Crippen molar-refractivity contribution in [3.63, 3.8) is 0 Å². The fourth-order valence-corrected chi connectivity index (χ4v) is 0.936. The van der Waals surface area contributed by atoms with Gasteiger partial charge in [-0.2, -0.15) is 5.48 Å². The third-order valence-corrected chi connectivity index (χ3v) is 1.63. The van der Waals surface area contributed by atoms with Crippen LogP contribution in [0.1, 0.15) is 0 Å². The van der Waals surface area contributed by atoms with Gasteiger partial charge in [0, 0.05) is 0 Å². The summed E-state index contributed by atoms with van der Waals surface area (Å²) in [7, 11) is 0. The Kier molecular flexibility index (Phi) is 4.84. The molecule has 0 unspecified atom stereocenters. The van der Waals surface area contributed by atoms with Crippen LogP contribution in [0, 0.1) is 10.8 Å². The third-order valence-electron chi connectivity index (χ3n) is 1.63. The smallest absolute Gasteiger partial charge is 0.418 e. The van der Waals surface area contributed by atoms with E-state index in [9.17, 15) is 9.59 Å². The average molecular weight is 265 g/mol. The van der Waals surface area contributed by atoms with E-state index in [1.807, 2.05) is 5.32 Å². The van der Waals surface area contributed by atoms with E-state index in [-0.39, 0.29) is 5.75 Å². The normalized spacial score (nSPS) is 9.05. The largest absolute Gasteiger partial charge is 0.442 e. The first-order chi connectivity index (χ1) is 8.99. The molecule has 0 amide bonds. The molecule has 0 atom stereocenters. The molecule has 0 saturated carbocycles. The van der Waals surface area contributed by atoms with E-state index in [0.717, 1.165) is 0 Å². The number of hydrogen-bond donors (Lipinski definition) is 5. The molecule has 100 valence electrons. The molecule has 1 rings (SSSR count). The van der Waals surface area contributed by atoms with E-state index >= 15 is 0 Å². The van der Waals surface area contributed by atoms with Crippen molar-refractivity contribution in [3.8, 4) is 5.75 Å². The summed E-state index contributed by atoms with van der Waals surface area (Å²) in [6.07, 6.45) is 0. The van der Waals surface area contributed by atoms with Gasteiger partial charge in [-0.15, -0.1) is 0 Å². The second-order valence-electron chi connectivity index (χ2n) is 3.11. The second kappa shape index (κ2) is 6.59. The van der Waals surface area contributed by atoms with E-state index in [2.05, 4.69) is 9.57 Å². The maximum atomic E-state index is 11.3. The van der Waals surface area contributed by atoms with E-state index in [1.54, 1.807) is 23.7 Å². The summed E-state index contributed by atoms with van der Waals surface area (Å²) in [6.45, 7) is 0. The number of ether oxygens (including phenoxy) is 1. The first-order valence-electron chi connectivity index (χ1n) is 4.92.